The van der Waals surface area contributed by atoms with Gasteiger partial charge in [-0.3, -0.25) is 9.59 Å². The lowest BCUT2D eigenvalue weighted by Gasteiger charge is -2.36. The van der Waals surface area contributed by atoms with E-state index in [2.05, 4.69) is 28.5 Å². The van der Waals surface area contributed by atoms with Crippen molar-refractivity contribution in [1.82, 2.24) is 15.2 Å². The Bertz CT molecular complexity index is 724. The van der Waals surface area contributed by atoms with Gasteiger partial charge in [-0.15, -0.1) is 0 Å². The molecule has 0 unspecified atom stereocenters. The minimum atomic E-state index is -0.377. The number of rotatable bonds is 2. The molecular weight excluding hydrogens is 310 g/mol. The quantitative estimate of drug-likeness (QED) is 0.890. The van der Waals surface area contributed by atoms with E-state index in [1.807, 2.05) is 17.0 Å². The molecule has 2 aromatic rings. The molecule has 2 amide bonds. The Morgan fingerprint density at radius 1 is 1.26 bits per heavy atom. The molecule has 1 aromatic carbocycles. The van der Waals surface area contributed by atoms with Crippen molar-refractivity contribution >= 4 is 33.8 Å². The number of likely N-dealkylation sites (tertiary alicyclic amines) is 1. The number of fused-ring (bicyclic) bond motifs is 1. The molecule has 0 aliphatic carbocycles. The molecule has 120 valence electrons. The predicted molar refractivity (Wildman–Crippen MR) is 91.4 cm³/mol. The number of aromatic nitrogens is 1. The first-order valence-electron chi connectivity index (χ1n) is 8.04. The van der Waals surface area contributed by atoms with Gasteiger partial charge in [-0.1, -0.05) is 30.0 Å². The molecule has 2 atom stereocenters. The summed E-state index contributed by atoms with van der Waals surface area (Å²) in [6.45, 7) is 0.760. The van der Waals surface area contributed by atoms with E-state index in [0.717, 1.165) is 37.0 Å². The molecule has 2 aliphatic heterocycles. The number of carbonyl (C=O) groups excluding carboxylic acids is 2. The van der Waals surface area contributed by atoms with Gasteiger partial charge in [0, 0.05) is 23.5 Å². The molecule has 2 saturated heterocycles. The van der Waals surface area contributed by atoms with Gasteiger partial charge in [-0.25, -0.2) is 0 Å². The monoisotopic (exact) mass is 329 g/mol. The molecule has 0 saturated carbocycles. The van der Waals surface area contributed by atoms with Crippen molar-refractivity contribution in [3.05, 3.63) is 36.0 Å². The Labute approximate surface area is 138 Å². The fourth-order valence-corrected chi connectivity index (χ4v) is 4.28. The van der Waals surface area contributed by atoms with Gasteiger partial charge in [0.25, 0.3) is 5.24 Å². The average molecular weight is 329 g/mol. The zero-order chi connectivity index (χ0) is 15.8. The van der Waals surface area contributed by atoms with Crippen molar-refractivity contribution in [3.63, 3.8) is 0 Å². The maximum atomic E-state index is 12.8. The third kappa shape index (κ3) is 2.72. The van der Waals surface area contributed by atoms with Crippen molar-refractivity contribution in [2.45, 2.75) is 31.3 Å². The molecule has 1 aromatic heterocycles. The van der Waals surface area contributed by atoms with Crippen molar-refractivity contribution in [2.75, 3.05) is 12.3 Å². The number of amides is 2. The van der Waals surface area contributed by atoms with Crippen LogP contribution in [0, 0.1) is 0 Å². The van der Waals surface area contributed by atoms with Crippen LogP contribution in [0.4, 0.5) is 4.79 Å². The number of carbonyl (C=O) groups is 2. The molecule has 0 bridgehead atoms. The van der Waals surface area contributed by atoms with E-state index in [-0.39, 0.29) is 23.2 Å². The summed E-state index contributed by atoms with van der Waals surface area (Å²) < 4.78 is 0. The smallest absolute Gasteiger partial charge is 0.279 e. The van der Waals surface area contributed by atoms with Gasteiger partial charge in [0.15, 0.2) is 0 Å². The lowest BCUT2D eigenvalue weighted by molar-refractivity contribution is -0.136. The molecule has 0 radical (unpaired) electrons. The number of hydrogen-bond donors (Lipinski definition) is 2. The van der Waals surface area contributed by atoms with Crippen molar-refractivity contribution in [2.24, 2.45) is 0 Å². The second-order valence-electron chi connectivity index (χ2n) is 6.15. The van der Waals surface area contributed by atoms with Gasteiger partial charge in [0.1, 0.15) is 6.04 Å². The standard InChI is InChI=1S/C17H19N3O2S/c21-16(14-10-23-17(22)19-14)20-8-4-3-7-15(20)13-9-11-5-1-2-6-12(11)18-13/h1-2,5-6,9,14-15,18H,3-4,7-8,10H2,(H,19,22)/t14-,15-/m1/s1. The zero-order valence-electron chi connectivity index (χ0n) is 12.7. The molecule has 23 heavy (non-hydrogen) atoms. The molecule has 2 aliphatic rings. The molecule has 2 N–H and O–H groups in total. The number of hydrogen-bond acceptors (Lipinski definition) is 3. The van der Waals surface area contributed by atoms with E-state index in [0.29, 0.717) is 5.75 Å². The molecule has 3 heterocycles. The first-order chi connectivity index (χ1) is 11.2. The fourth-order valence-electron chi connectivity index (χ4n) is 3.51. The Morgan fingerprint density at radius 2 is 2.13 bits per heavy atom. The van der Waals surface area contributed by atoms with Crippen LogP contribution in [0.2, 0.25) is 0 Å². The summed E-state index contributed by atoms with van der Waals surface area (Å²) in [5.74, 6) is 0.583. The number of nitrogens with one attached hydrogen (secondary N) is 2. The number of piperidine rings is 1. The summed E-state index contributed by atoms with van der Waals surface area (Å²) >= 11 is 1.19. The summed E-state index contributed by atoms with van der Waals surface area (Å²) in [6.07, 6.45) is 3.11. The van der Waals surface area contributed by atoms with Crippen LogP contribution in [-0.4, -0.2) is 39.4 Å². The van der Waals surface area contributed by atoms with E-state index in [4.69, 9.17) is 0 Å². The van der Waals surface area contributed by atoms with Crippen LogP contribution in [-0.2, 0) is 4.79 Å². The maximum Gasteiger partial charge on any atom is 0.279 e. The van der Waals surface area contributed by atoms with Crippen LogP contribution in [0.5, 0.6) is 0 Å². The number of thioether (sulfide) groups is 1. The summed E-state index contributed by atoms with van der Waals surface area (Å²) in [6, 6.07) is 10.0. The Hall–Kier alpha value is -1.95. The topological polar surface area (TPSA) is 65.2 Å². The Morgan fingerprint density at radius 3 is 2.91 bits per heavy atom. The highest BCUT2D eigenvalue weighted by molar-refractivity contribution is 8.14. The van der Waals surface area contributed by atoms with Gasteiger partial charge in [-0.2, -0.15) is 0 Å². The largest absolute Gasteiger partial charge is 0.357 e. The van der Waals surface area contributed by atoms with Crippen molar-refractivity contribution < 1.29 is 9.59 Å². The summed E-state index contributed by atoms with van der Waals surface area (Å²) in [5, 5.41) is 3.85. The number of benzene rings is 1. The van der Waals surface area contributed by atoms with Crippen LogP contribution in [0.15, 0.2) is 30.3 Å². The maximum absolute atomic E-state index is 12.8. The lowest BCUT2D eigenvalue weighted by atomic mass is 9.98. The highest BCUT2D eigenvalue weighted by Crippen LogP contribution is 2.33. The third-order valence-electron chi connectivity index (χ3n) is 4.67. The van der Waals surface area contributed by atoms with E-state index in [1.54, 1.807) is 0 Å². The number of para-hydroxylation sites is 1. The SMILES string of the molecule is O=C1N[C@@H](C(=O)N2CCCC[C@@H]2c2cc3ccccc3[nH]2)CS1. The van der Waals surface area contributed by atoms with Crippen LogP contribution in [0.3, 0.4) is 0 Å². The van der Waals surface area contributed by atoms with Crippen molar-refractivity contribution in [3.8, 4) is 0 Å². The van der Waals surface area contributed by atoms with Crippen LogP contribution >= 0.6 is 11.8 Å². The van der Waals surface area contributed by atoms with Gasteiger partial charge in [0.2, 0.25) is 5.91 Å². The Balaban J connectivity index is 1.62. The van der Waals surface area contributed by atoms with Crippen LogP contribution in [0.1, 0.15) is 31.0 Å². The van der Waals surface area contributed by atoms with E-state index < -0.39 is 0 Å². The van der Waals surface area contributed by atoms with Gasteiger partial charge >= 0.3 is 0 Å². The number of H-pyrrole nitrogens is 1. The molecule has 4 rings (SSSR count). The van der Waals surface area contributed by atoms with Gasteiger partial charge < -0.3 is 15.2 Å². The normalized spacial score (nSPS) is 24.9. The second kappa shape index (κ2) is 5.92. The molecule has 5 nitrogen and oxygen atoms in total. The number of aromatic amines is 1. The summed E-state index contributed by atoms with van der Waals surface area (Å²) in [4.78, 5) is 29.6. The van der Waals surface area contributed by atoms with Gasteiger partial charge in [-0.05, 0) is 36.8 Å². The molecule has 2 fully saturated rings. The molecular formula is C17H19N3O2S. The van der Waals surface area contributed by atoms with Gasteiger partial charge in [0.05, 0.1) is 6.04 Å². The summed E-state index contributed by atoms with van der Waals surface area (Å²) in [7, 11) is 0. The highest BCUT2D eigenvalue weighted by atomic mass is 32.2. The van der Waals surface area contributed by atoms with Crippen LogP contribution in [0.25, 0.3) is 10.9 Å². The Kier molecular flexibility index (Phi) is 3.77. The molecule has 0 spiro atoms. The fraction of sp³-hybridized carbons (Fsp3) is 0.412. The average Bonchev–Trinajstić information content (AvgIpc) is 3.20. The predicted octanol–water partition coefficient (Wildman–Crippen LogP) is 3.05. The zero-order valence-corrected chi connectivity index (χ0v) is 13.6. The minimum Gasteiger partial charge on any atom is -0.357 e. The first-order valence-corrected chi connectivity index (χ1v) is 9.02. The molecule has 6 heteroatoms. The van der Waals surface area contributed by atoms with Crippen molar-refractivity contribution in [1.29, 1.82) is 0 Å². The third-order valence-corrected chi connectivity index (χ3v) is 5.55. The second-order valence-corrected chi connectivity index (χ2v) is 7.14. The first kappa shape index (κ1) is 14.6. The van der Waals surface area contributed by atoms with Crippen LogP contribution < -0.4 is 5.32 Å². The number of nitrogens with zero attached hydrogens (tertiary/aromatic N) is 1. The van der Waals surface area contributed by atoms with E-state index >= 15 is 0 Å². The highest BCUT2D eigenvalue weighted by Gasteiger charge is 2.36. The van der Waals surface area contributed by atoms with E-state index in [9.17, 15) is 9.59 Å². The minimum absolute atomic E-state index is 0.0479. The van der Waals surface area contributed by atoms with E-state index in [1.165, 1.54) is 17.1 Å². The lowest BCUT2D eigenvalue weighted by Crippen LogP contribution is -2.48. The summed E-state index contributed by atoms with van der Waals surface area (Å²) in [5.41, 5.74) is 2.20.